The Morgan fingerprint density at radius 2 is 1.86 bits per heavy atom. The maximum atomic E-state index is 14.0. The van der Waals surface area contributed by atoms with Crippen LogP contribution >= 0.6 is 0 Å². The summed E-state index contributed by atoms with van der Waals surface area (Å²) in [4.78, 5) is 0. The highest BCUT2D eigenvalue weighted by Gasteiger charge is 2.47. The number of aromatic nitrogens is 2. The first-order valence-corrected chi connectivity index (χ1v) is 7.80. The van der Waals surface area contributed by atoms with E-state index in [2.05, 4.69) is 24.0 Å². The third-order valence-electron chi connectivity index (χ3n) is 5.24. The van der Waals surface area contributed by atoms with Crippen molar-refractivity contribution in [3.05, 3.63) is 47.2 Å². The average molecular weight is 300 g/mol. The minimum Gasteiger partial charge on any atom is -0.206 e. The number of benzene rings is 1. The van der Waals surface area contributed by atoms with Crippen molar-refractivity contribution in [1.29, 1.82) is 0 Å². The van der Waals surface area contributed by atoms with Gasteiger partial charge in [0.1, 0.15) is 11.6 Å². The minimum atomic E-state index is -0.588. The second-order valence-corrected chi connectivity index (χ2v) is 7.14. The van der Waals surface area contributed by atoms with E-state index in [9.17, 15) is 8.78 Å². The van der Waals surface area contributed by atoms with Gasteiger partial charge in [-0.15, -0.1) is 0 Å². The highest BCUT2D eigenvalue weighted by Crippen LogP contribution is 2.55. The van der Waals surface area contributed by atoms with Gasteiger partial charge in [-0.25, -0.2) is 8.78 Å². The second-order valence-electron chi connectivity index (χ2n) is 7.14. The summed E-state index contributed by atoms with van der Waals surface area (Å²) in [7, 11) is 0. The molecule has 0 N–H and O–H groups in total. The SMILES string of the molecule is CC1C[C@@H]2C[C@](C)(C1)c1nnc(-c3c(F)cccc3F)cc12. The van der Waals surface area contributed by atoms with Crippen molar-refractivity contribution in [2.75, 3.05) is 0 Å². The number of hydrogen-bond acceptors (Lipinski definition) is 2. The van der Waals surface area contributed by atoms with Gasteiger partial charge in [0.2, 0.25) is 0 Å². The zero-order valence-corrected chi connectivity index (χ0v) is 12.7. The van der Waals surface area contributed by atoms with Crippen molar-refractivity contribution >= 4 is 0 Å². The van der Waals surface area contributed by atoms with E-state index in [1.54, 1.807) is 0 Å². The van der Waals surface area contributed by atoms with Gasteiger partial charge in [-0.3, -0.25) is 0 Å². The Bertz CT molecular complexity index is 738. The first kappa shape index (κ1) is 13.8. The van der Waals surface area contributed by atoms with Crippen LogP contribution in [0.1, 0.15) is 50.3 Å². The number of rotatable bonds is 1. The molecule has 2 aromatic rings. The van der Waals surface area contributed by atoms with Gasteiger partial charge in [0.05, 0.1) is 17.0 Å². The first-order valence-electron chi connectivity index (χ1n) is 7.80. The summed E-state index contributed by atoms with van der Waals surface area (Å²) in [5, 5.41) is 8.53. The smallest absolute Gasteiger partial charge is 0.135 e. The molecule has 0 aliphatic heterocycles. The predicted molar refractivity (Wildman–Crippen MR) is 80.5 cm³/mol. The van der Waals surface area contributed by atoms with E-state index in [0.29, 0.717) is 17.5 Å². The van der Waals surface area contributed by atoms with Crippen molar-refractivity contribution in [2.45, 2.75) is 44.4 Å². The van der Waals surface area contributed by atoms with Gasteiger partial charge in [0.25, 0.3) is 0 Å². The molecule has 2 aliphatic rings. The second kappa shape index (κ2) is 4.58. The van der Waals surface area contributed by atoms with Gasteiger partial charge < -0.3 is 0 Å². The molecule has 0 radical (unpaired) electrons. The van der Waals surface area contributed by atoms with Gasteiger partial charge in [-0.2, -0.15) is 10.2 Å². The molecule has 1 unspecified atom stereocenters. The molecule has 1 heterocycles. The van der Waals surface area contributed by atoms with Crippen LogP contribution in [0.5, 0.6) is 0 Å². The van der Waals surface area contributed by atoms with Gasteiger partial charge in [0, 0.05) is 5.41 Å². The molecular formula is C18H18F2N2. The van der Waals surface area contributed by atoms with E-state index in [1.165, 1.54) is 18.2 Å². The van der Waals surface area contributed by atoms with Crippen molar-refractivity contribution in [2.24, 2.45) is 5.92 Å². The zero-order valence-electron chi connectivity index (χ0n) is 12.7. The number of fused-ring (bicyclic) bond motifs is 5. The van der Waals surface area contributed by atoms with E-state index in [-0.39, 0.29) is 11.0 Å². The average Bonchev–Trinajstić information content (AvgIpc) is 2.65. The highest BCUT2D eigenvalue weighted by atomic mass is 19.1. The molecule has 1 fully saturated rings. The molecule has 1 aromatic carbocycles. The van der Waals surface area contributed by atoms with E-state index in [4.69, 9.17) is 0 Å². The van der Waals surface area contributed by atoms with Gasteiger partial charge in [-0.05, 0) is 54.9 Å². The Labute approximate surface area is 128 Å². The standard InChI is InChI=1S/C18H18F2N2/c1-10-6-11-9-18(2,8-10)17-12(11)7-15(21-22-17)16-13(19)4-3-5-14(16)20/h3-5,7,10-11H,6,8-9H2,1-2H3/t10?,11-,18+/m1/s1. The van der Waals surface area contributed by atoms with Crippen molar-refractivity contribution in [3.8, 4) is 11.3 Å². The molecule has 22 heavy (non-hydrogen) atoms. The van der Waals surface area contributed by atoms with E-state index in [1.807, 2.05) is 6.07 Å². The van der Waals surface area contributed by atoms with Crippen LogP contribution in [0.2, 0.25) is 0 Å². The fourth-order valence-corrected chi connectivity index (χ4v) is 4.53. The summed E-state index contributed by atoms with van der Waals surface area (Å²) in [6.45, 7) is 4.50. The topological polar surface area (TPSA) is 25.8 Å². The molecule has 0 amide bonds. The molecule has 4 rings (SSSR count). The molecule has 114 valence electrons. The third kappa shape index (κ3) is 1.89. The number of nitrogens with zero attached hydrogens (tertiary/aromatic N) is 2. The van der Waals surface area contributed by atoms with Crippen LogP contribution in [0.3, 0.4) is 0 Å². The lowest BCUT2D eigenvalue weighted by Crippen LogP contribution is -2.26. The van der Waals surface area contributed by atoms with Crippen LogP contribution in [0.4, 0.5) is 8.78 Å². The van der Waals surface area contributed by atoms with Crippen LogP contribution in [0.25, 0.3) is 11.3 Å². The summed E-state index contributed by atoms with van der Waals surface area (Å²) < 4.78 is 28.0. The summed E-state index contributed by atoms with van der Waals surface area (Å²) >= 11 is 0. The molecule has 0 saturated heterocycles. The van der Waals surface area contributed by atoms with Crippen LogP contribution < -0.4 is 0 Å². The largest absolute Gasteiger partial charge is 0.206 e. The highest BCUT2D eigenvalue weighted by molar-refractivity contribution is 5.62. The van der Waals surface area contributed by atoms with Crippen LogP contribution in [0.15, 0.2) is 24.3 Å². The molecule has 2 nitrogen and oxygen atoms in total. The minimum absolute atomic E-state index is 0.0664. The maximum absolute atomic E-state index is 14.0. The molecule has 1 saturated carbocycles. The van der Waals surface area contributed by atoms with Crippen LogP contribution in [0, 0.1) is 17.6 Å². The third-order valence-corrected chi connectivity index (χ3v) is 5.24. The van der Waals surface area contributed by atoms with Gasteiger partial charge in [0.15, 0.2) is 0 Å². The van der Waals surface area contributed by atoms with Crippen molar-refractivity contribution in [1.82, 2.24) is 10.2 Å². The van der Waals surface area contributed by atoms with Gasteiger partial charge in [-0.1, -0.05) is 19.9 Å². The Hall–Kier alpha value is -1.84. The zero-order chi connectivity index (χ0) is 15.5. The lowest BCUT2D eigenvalue weighted by atomic mass is 9.71. The monoisotopic (exact) mass is 300 g/mol. The van der Waals surface area contributed by atoms with E-state index < -0.39 is 11.6 Å². The lowest BCUT2D eigenvalue weighted by Gasteiger charge is -2.33. The van der Waals surface area contributed by atoms with Crippen LogP contribution in [-0.4, -0.2) is 10.2 Å². The number of halogens is 2. The van der Waals surface area contributed by atoms with Crippen LogP contribution in [-0.2, 0) is 5.41 Å². The van der Waals surface area contributed by atoms with Crippen molar-refractivity contribution in [3.63, 3.8) is 0 Å². The Kier molecular flexibility index (Phi) is 2.87. The predicted octanol–water partition coefficient (Wildman–Crippen LogP) is 4.60. The fraction of sp³-hybridized carbons (Fsp3) is 0.444. The lowest BCUT2D eigenvalue weighted by molar-refractivity contribution is 0.251. The first-order chi connectivity index (χ1) is 10.5. The Morgan fingerprint density at radius 1 is 1.14 bits per heavy atom. The molecule has 0 spiro atoms. The normalized spacial score (nSPS) is 29.5. The molecule has 3 atom stereocenters. The number of hydrogen-bond donors (Lipinski definition) is 0. The maximum Gasteiger partial charge on any atom is 0.135 e. The summed E-state index contributed by atoms with van der Waals surface area (Å²) in [6, 6.07) is 5.74. The van der Waals surface area contributed by atoms with E-state index >= 15 is 0 Å². The molecule has 2 aliphatic carbocycles. The Balaban J connectivity index is 1.86. The fourth-order valence-electron chi connectivity index (χ4n) is 4.53. The molecular weight excluding hydrogens is 282 g/mol. The molecule has 1 aromatic heterocycles. The summed E-state index contributed by atoms with van der Waals surface area (Å²) in [6.07, 6.45) is 3.30. The molecule has 4 heteroatoms. The quantitative estimate of drug-likeness (QED) is 0.769. The Morgan fingerprint density at radius 3 is 2.59 bits per heavy atom. The van der Waals surface area contributed by atoms with E-state index in [0.717, 1.165) is 30.5 Å². The summed E-state index contributed by atoms with van der Waals surface area (Å²) in [5.41, 5.74) is 2.47. The van der Waals surface area contributed by atoms with Crippen molar-refractivity contribution < 1.29 is 8.78 Å². The van der Waals surface area contributed by atoms with Gasteiger partial charge >= 0.3 is 0 Å². The summed E-state index contributed by atoms with van der Waals surface area (Å²) in [5.74, 6) is -0.0935. The molecule has 2 bridgehead atoms.